The SMILES string of the molecule is Fc1ccc(CCCc2ccccc2CNCc2ccc(F)cc2)cc1.NCc1ccc(F)cc1.O=C(CCc1ccc(F)cc1)c1ccccc1C(=O)NCc1ccc(F)cc1.O=C(Cl)c1ccccc1C(=O)Cl.O=S(=O)(Cl)c1cc(Cl)cc(Cl)c1.O=S(=O)(Cl)c1cc(Cl)cc(Cl)c1O.O=S(=O)(c1cc(Cl)cc(Cl)c1)N(Cc1ccc(F)cc1)Cc1ccccc1CNCc1ccc(F)cc1. The smallest absolute Gasteiger partial charge is 0.265 e. The summed E-state index contributed by atoms with van der Waals surface area (Å²) in [5, 5.41) is 18.2. The number of halogens is 17. The number of amides is 1. The summed E-state index contributed by atoms with van der Waals surface area (Å²) < 4.78 is 163. The van der Waals surface area contributed by atoms with Crippen LogP contribution in [0, 0.1) is 40.7 Å². The maximum atomic E-state index is 13.7. The van der Waals surface area contributed by atoms with Crippen molar-refractivity contribution in [1.82, 2.24) is 20.3 Å². The van der Waals surface area contributed by atoms with Gasteiger partial charge in [-0.3, -0.25) is 19.2 Å². The van der Waals surface area contributed by atoms with Gasteiger partial charge in [-0.15, -0.1) is 0 Å². The summed E-state index contributed by atoms with van der Waals surface area (Å²) >= 11 is 44.7. The third-order valence-electron chi connectivity index (χ3n) is 19.5. The van der Waals surface area contributed by atoms with Crippen LogP contribution in [0.3, 0.4) is 0 Å². The van der Waals surface area contributed by atoms with E-state index in [2.05, 4.69) is 40.2 Å². The van der Waals surface area contributed by atoms with Crippen LogP contribution in [0.4, 0.5) is 30.7 Å². The Morgan fingerprint density at radius 1 is 0.336 bits per heavy atom. The highest BCUT2D eigenvalue weighted by Crippen LogP contribution is 2.36. The minimum absolute atomic E-state index is 0.0179. The molecule has 1 amide bonds. The number of nitrogens with one attached hydrogen (secondary N) is 3. The molecule has 0 saturated carbocycles. The lowest BCUT2D eigenvalue weighted by molar-refractivity contribution is 0.0929. The number of benzene rings is 14. The molecule has 0 atom stereocenters. The highest BCUT2D eigenvalue weighted by Gasteiger charge is 2.28. The molecule has 0 aromatic heterocycles. The molecule has 0 bridgehead atoms. The van der Waals surface area contributed by atoms with Gasteiger partial charge in [-0.2, -0.15) is 4.31 Å². The molecule has 0 saturated heterocycles. The van der Waals surface area contributed by atoms with Crippen molar-refractivity contribution in [3.8, 4) is 5.75 Å². The monoisotopic (exact) mass is 2120 g/mol. The first-order valence-electron chi connectivity index (χ1n) is 41.0. The van der Waals surface area contributed by atoms with Crippen molar-refractivity contribution in [1.29, 1.82) is 0 Å². The van der Waals surface area contributed by atoms with Gasteiger partial charge < -0.3 is 26.8 Å². The van der Waals surface area contributed by atoms with E-state index in [-0.39, 0.29) is 124 Å². The Kier molecular flexibility index (Phi) is 45.6. The summed E-state index contributed by atoms with van der Waals surface area (Å²) in [5.41, 5.74) is 16.9. The molecule has 0 fully saturated rings. The first-order valence-corrected chi connectivity index (χ1v) is 50.0. The second kappa shape index (κ2) is 55.9. The molecule has 0 heterocycles. The van der Waals surface area contributed by atoms with Crippen molar-refractivity contribution < 1.29 is 80.3 Å². The number of phenols is 1. The number of carbonyl (C=O) groups is 4. The summed E-state index contributed by atoms with van der Waals surface area (Å²) in [6, 6.07) is 82.3. The lowest BCUT2D eigenvalue weighted by Crippen LogP contribution is -2.31. The molecule has 14 aromatic carbocycles. The molecule has 0 radical (unpaired) electrons. The fraction of sp³-hybridized carbons (Fsp3) is 0.129. The van der Waals surface area contributed by atoms with E-state index in [0.717, 1.165) is 70.8 Å². The van der Waals surface area contributed by atoms with Crippen LogP contribution in [-0.2, 0) is 99.7 Å². The molecule has 0 aliphatic carbocycles. The van der Waals surface area contributed by atoms with E-state index in [1.165, 1.54) is 161 Å². The first kappa shape index (κ1) is 112. The van der Waals surface area contributed by atoms with Gasteiger partial charge >= 0.3 is 0 Å². The number of Topliss-reactive ketones (excluding diaryl/α,β-unsaturated/α-hetero) is 1. The fourth-order valence-electron chi connectivity index (χ4n) is 12.6. The number of hydrogen-bond donors (Lipinski definition) is 5. The Labute approximate surface area is 838 Å². The Hall–Kier alpha value is -10.5. The number of aryl methyl sites for hydroxylation is 3. The van der Waals surface area contributed by atoms with Crippen molar-refractivity contribution in [2.75, 3.05) is 0 Å². The van der Waals surface area contributed by atoms with E-state index in [0.29, 0.717) is 49.3 Å². The minimum atomic E-state index is -4.03. The predicted molar refractivity (Wildman–Crippen MR) is 529 cm³/mol. The van der Waals surface area contributed by atoms with Crippen molar-refractivity contribution >= 4 is 164 Å². The van der Waals surface area contributed by atoms with Crippen molar-refractivity contribution in [3.63, 3.8) is 0 Å². The topological polar surface area (TPSA) is 256 Å². The summed E-state index contributed by atoms with van der Waals surface area (Å²) in [6.07, 6.45) is 3.64. The van der Waals surface area contributed by atoms with E-state index in [9.17, 15) is 80.3 Å². The van der Waals surface area contributed by atoms with Gasteiger partial charge in [0, 0.05) is 122 Å². The van der Waals surface area contributed by atoms with Gasteiger partial charge in [0.25, 0.3) is 34.5 Å². The summed E-state index contributed by atoms with van der Waals surface area (Å²) in [7, 11) is -1.73. The second-order valence-corrected chi connectivity index (χ2v) is 39.8. The largest absolute Gasteiger partial charge is 0.505 e. The fourth-order valence-corrected chi connectivity index (χ4v) is 18.1. The molecule has 137 heavy (non-hydrogen) atoms. The van der Waals surface area contributed by atoms with Crippen molar-refractivity contribution in [3.05, 3.63) is 470 Å². The number of nitrogens with two attached hydrogens (primary N) is 1. The molecule has 716 valence electrons. The minimum Gasteiger partial charge on any atom is -0.505 e. The van der Waals surface area contributed by atoms with Crippen molar-refractivity contribution in [2.24, 2.45) is 5.73 Å². The van der Waals surface area contributed by atoms with Crippen LogP contribution in [0.15, 0.2) is 330 Å². The standard InChI is InChI=1S/C28H24Cl2F2N2O2S.C23H19F2NO2.C23H23F2N.C8H4Cl2O2.C7H8FN.C6H3Cl3O3S.C6H3Cl3O2S/c29-24-13-25(30)15-28(14-24)37(35,36)34(18-21-7-11-27(32)12-8-21)19-23-4-2-1-3-22(23)17-33-16-20-5-9-26(31)10-6-20;24-18-10-5-16(6-11-18)9-14-22(27)20-3-1-2-4-21(20)23(28)26-15-17-7-12-19(25)13-8-17;24-22-12-8-18(9-13-22)4-3-7-20-5-1-2-6-21(20)17-26-16-19-10-14-23(25)15-11-19;9-7(11)5-3-1-2-4-6(5)8(10)12;8-7-3-1-6(5-9)2-4-7;7-3-1-4(8)6(10)5(2-3)13(9,11)12;7-4-1-5(8)3-6(2-4)12(9,10)11/h1-15,33H,16-19H2;1-8,10-13H,9,14-15H2,(H,26,28);1-2,5-6,8-15,26H,3-4,7,16-17H2;1-4H;1-4H,5,9H2;1-2,10H;1-3H. The van der Waals surface area contributed by atoms with Gasteiger partial charge in [0.15, 0.2) is 11.5 Å². The van der Waals surface area contributed by atoms with Gasteiger partial charge in [-0.05, 0) is 262 Å². The summed E-state index contributed by atoms with van der Waals surface area (Å²) in [4.78, 5) is 46.0. The number of rotatable bonds is 30. The summed E-state index contributed by atoms with van der Waals surface area (Å²) in [6.45, 7) is 3.28. The molecule has 0 unspecified atom stereocenters. The lowest BCUT2D eigenvalue weighted by atomic mass is 9.98. The third kappa shape index (κ3) is 39.0. The number of aromatic hydroxyl groups is 1. The molecule has 6 N–H and O–H groups in total. The van der Waals surface area contributed by atoms with Crippen LogP contribution in [-0.4, -0.2) is 56.8 Å². The first-order chi connectivity index (χ1) is 65.1. The number of nitrogens with zero attached hydrogens (tertiary/aromatic N) is 1. The molecule has 0 aliphatic rings. The van der Waals surface area contributed by atoms with Crippen LogP contribution < -0.4 is 21.7 Å². The van der Waals surface area contributed by atoms with E-state index < -0.39 is 55.1 Å². The van der Waals surface area contributed by atoms with E-state index in [4.69, 9.17) is 120 Å². The van der Waals surface area contributed by atoms with Gasteiger partial charge in [0.1, 0.15) is 45.6 Å². The Balaban J connectivity index is 0.000000207. The van der Waals surface area contributed by atoms with Crippen LogP contribution in [0.25, 0.3) is 0 Å². The number of phenolic OH excluding ortho intramolecular Hbond substituents is 1. The van der Waals surface area contributed by atoms with E-state index in [1.807, 2.05) is 36.4 Å². The molecule has 16 nitrogen and oxygen atoms in total. The van der Waals surface area contributed by atoms with Gasteiger partial charge in [0.05, 0.1) is 20.4 Å². The molecule has 36 heteroatoms. The average Bonchev–Trinajstić information content (AvgIpc) is 0.792. The normalized spacial score (nSPS) is 10.9. The summed E-state index contributed by atoms with van der Waals surface area (Å²) in [5.74, 6) is -3.09. The number of sulfonamides is 1. The Morgan fingerprint density at radius 3 is 1.07 bits per heavy atom. The number of hydrogen-bond acceptors (Lipinski definition) is 14. The average molecular weight is 2130 g/mol. The number of ketones is 1. The second-order valence-electron chi connectivity index (χ2n) is 29.5. The Morgan fingerprint density at radius 2 is 0.672 bits per heavy atom. The quantitative estimate of drug-likeness (QED) is 0.0159. The highest BCUT2D eigenvalue weighted by atomic mass is 35.7. The zero-order chi connectivity index (χ0) is 99.9. The maximum Gasteiger partial charge on any atom is 0.265 e. The lowest BCUT2D eigenvalue weighted by Gasteiger charge is -2.24. The molecular formula is C101H84Cl10F7N5O11S3. The molecule has 14 rings (SSSR count). The van der Waals surface area contributed by atoms with Gasteiger partial charge in [-0.25, -0.2) is 56.0 Å². The molecular weight excluding hydrogens is 2040 g/mol. The van der Waals surface area contributed by atoms with Crippen LogP contribution in [0.1, 0.15) is 115 Å². The molecule has 14 aromatic rings. The van der Waals surface area contributed by atoms with Crippen LogP contribution in [0.5, 0.6) is 5.75 Å². The predicted octanol–water partition coefficient (Wildman–Crippen LogP) is 26.4. The van der Waals surface area contributed by atoms with Gasteiger partial charge in [-0.1, -0.05) is 233 Å². The highest BCUT2D eigenvalue weighted by molar-refractivity contribution is 8.14. The Bertz CT molecular complexity index is 6530. The maximum absolute atomic E-state index is 13.7. The van der Waals surface area contributed by atoms with Gasteiger partial charge in [0.2, 0.25) is 10.0 Å². The number of carbonyl (C=O) groups excluding carboxylic acids is 4. The zero-order valence-corrected chi connectivity index (χ0v) is 81.9. The van der Waals surface area contributed by atoms with Crippen LogP contribution in [0.2, 0.25) is 30.1 Å². The van der Waals surface area contributed by atoms with E-state index >= 15 is 0 Å². The third-order valence-corrected chi connectivity index (χ3v) is 25.8. The molecule has 0 spiro atoms. The van der Waals surface area contributed by atoms with Crippen LogP contribution >= 0.6 is 114 Å². The zero-order valence-electron chi connectivity index (χ0n) is 71.9. The van der Waals surface area contributed by atoms with Crippen molar-refractivity contribution in [2.45, 2.75) is 99.1 Å². The molecule has 0 aliphatic heterocycles. The van der Waals surface area contributed by atoms with E-state index in [1.54, 1.807) is 109 Å².